The fraction of sp³-hybridized carbons (Fsp3) is 0.462. The molecule has 0 aliphatic rings. The van der Waals surface area contributed by atoms with E-state index in [2.05, 4.69) is 32.5 Å². The van der Waals surface area contributed by atoms with E-state index in [1.165, 1.54) is 13.8 Å². The zero-order valence-corrected chi connectivity index (χ0v) is 11.4. The van der Waals surface area contributed by atoms with Crippen LogP contribution >= 0.6 is 0 Å². The minimum absolute atomic E-state index is 0.0747. The van der Waals surface area contributed by atoms with E-state index in [1.807, 2.05) is 0 Å². The molecule has 7 heteroatoms. The molecule has 0 radical (unpaired) electrons. The number of rotatable bonds is 6. The van der Waals surface area contributed by atoms with Crippen LogP contribution in [0.4, 0.5) is 4.79 Å². The standard InChI is InChI=1S/C13H17N3O4/c1-5-7-14-11(17)9(3)15-12(18)10(4)16-13(19)20-8-6-2/h1-2,9-10H,7-8H2,3-4H3,(H,14,17)(H,15,18)(H,16,19)/t9-,10-/m0/s1. The van der Waals surface area contributed by atoms with Crippen molar-refractivity contribution >= 4 is 17.9 Å². The summed E-state index contributed by atoms with van der Waals surface area (Å²) in [7, 11) is 0. The van der Waals surface area contributed by atoms with Crippen LogP contribution in [-0.4, -0.2) is 43.1 Å². The van der Waals surface area contributed by atoms with Crippen molar-refractivity contribution in [1.82, 2.24) is 16.0 Å². The molecule has 0 aliphatic heterocycles. The molecule has 0 saturated carbocycles. The number of nitrogens with one attached hydrogen (secondary N) is 3. The predicted octanol–water partition coefficient (Wildman–Crippen LogP) is -1.01. The highest BCUT2D eigenvalue weighted by Crippen LogP contribution is 1.89. The highest BCUT2D eigenvalue weighted by atomic mass is 16.5. The van der Waals surface area contributed by atoms with E-state index in [4.69, 9.17) is 12.8 Å². The zero-order chi connectivity index (χ0) is 15.5. The van der Waals surface area contributed by atoms with Gasteiger partial charge in [0.25, 0.3) is 0 Å². The Morgan fingerprint density at radius 2 is 1.65 bits per heavy atom. The number of ether oxygens (including phenoxy) is 1. The zero-order valence-electron chi connectivity index (χ0n) is 11.4. The molecule has 0 aliphatic carbocycles. The van der Waals surface area contributed by atoms with Crippen molar-refractivity contribution < 1.29 is 19.1 Å². The van der Waals surface area contributed by atoms with Crippen molar-refractivity contribution in [2.75, 3.05) is 13.2 Å². The fourth-order valence-electron chi connectivity index (χ4n) is 1.09. The lowest BCUT2D eigenvalue weighted by molar-refractivity contribution is -0.129. The molecule has 0 saturated heterocycles. The monoisotopic (exact) mass is 279 g/mol. The third-order valence-electron chi connectivity index (χ3n) is 2.13. The van der Waals surface area contributed by atoms with Gasteiger partial charge in [0, 0.05) is 0 Å². The summed E-state index contributed by atoms with van der Waals surface area (Å²) in [4.78, 5) is 34.3. The van der Waals surface area contributed by atoms with Gasteiger partial charge in [-0.05, 0) is 13.8 Å². The van der Waals surface area contributed by atoms with Gasteiger partial charge in [-0.25, -0.2) is 4.79 Å². The molecular weight excluding hydrogens is 262 g/mol. The number of alkyl carbamates (subject to hydrolysis) is 1. The van der Waals surface area contributed by atoms with Gasteiger partial charge < -0.3 is 20.7 Å². The molecular formula is C13H17N3O4. The van der Waals surface area contributed by atoms with Crippen molar-refractivity contribution in [1.29, 1.82) is 0 Å². The summed E-state index contributed by atoms with van der Waals surface area (Å²) < 4.78 is 4.55. The average molecular weight is 279 g/mol. The van der Waals surface area contributed by atoms with E-state index < -0.39 is 30.0 Å². The Balaban J connectivity index is 4.19. The molecule has 20 heavy (non-hydrogen) atoms. The van der Waals surface area contributed by atoms with Crippen LogP contribution in [0, 0.1) is 24.7 Å². The van der Waals surface area contributed by atoms with Crippen LogP contribution in [0.2, 0.25) is 0 Å². The fourth-order valence-corrected chi connectivity index (χ4v) is 1.09. The second-order valence-corrected chi connectivity index (χ2v) is 3.80. The van der Waals surface area contributed by atoms with E-state index in [0.717, 1.165) is 0 Å². The molecule has 0 bridgehead atoms. The quantitative estimate of drug-likeness (QED) is 0.543. The number of amides is 3. The van der Waals surface area contributed by atoms with Gasteiger partial charge in [0.15, 0.2) is 6.61 Å². The first kappa shape index (κ1) is 17.3. The van der Waals surface area contributed by atoms with E-state index in [0.29, 0.717) is 0 Å². The normalized spacial score (nSPS) is 12.0. The minimum atomic E-state index is -0.872. The van der Waals surface area contributed by atoms with Crippen LogP contribution in [0.25, 0.3) is 0 Å². The van der Waals surface area contributed by atoms with Crippen LogP contribution in [0.3, 0.4) is 0 Å². The third kappa shape index (κ3) is 6.92. The second-order valence-electron chi connectivity index (χ2n) is 3.80. The van der Waals surface area contributed by atoms with E-state index >= 15 is 0 Å². The molecule has 2 atom stereocenters. The van der Waals surface area contributed by atoms with Crippen molar-refractivity contribution in [3.63, 3.8) is 0 Å². The summed E-state index contributed by atoms with van der Waals surface area (Å²) >= 11 is 0. The maximum atomic E-state index is 11.7. The van der Waals surface area contributed by atoms with E-state index in [9.17, 15) is 14.4 Å². The summed E-state index contributed by atoms with van der Waals surface area (Å²) in [6.07, 6.45) is 9.10. The van der Waals surface area contributed by atoms with Crippen LogP contribution < -0.4 is 16.0 Å². The van der Waals surface area contributed by atoms with E-state index in [-0.39, 0.29) is 13.2 Å². The Bertz CT molecular complexity index is 448. The number of hydrogen-bond donors (Lipinski definition) is 3. The van der Waals surface area contributed by atoms with Crippen LogP contribution in [0.5, 0.6) is 0 Å². The van der Waals surface area contributed by atoms with Crippen LogP contribution in [0.15, 0.2) is 0 Å². The van der Waals surface area contributed by atoms with Gasteiger partial charge in [-0.3, -0.25) is 9.59 Å². The molecule has 108 valence electrons. The van der Waals surface area contributed by atoms with Gasteiger partial charge in [0.2, 0.25) is 11.8 Å². The van der Waals surface area contributed by atoms with Gasteiger partial charge >= 0.3 is 6.09 Å². The SMILES string of the molecule is C#CCNC(=O)[C@H](C)NC(=O)[C@H](C)NC(=O)OCC#C. The molecule has 3 amide bonds. The Morgan fingerprint density at radius 3 is 2.20 bits per heavy atom. The Labute approximate surface area is 117 Å². The maximum Gasteiger partial charge on any atom is 0.408 e. The molecule has 0 unspecified atom stereocenters. The Morgan fingerprint density at radius 1 is 1.05 bits per heavy atom. The van der Waals surface area contributed by atoms with Gasteiger partial charge in [-0.15, -0.1) is 12.8 Å². The summed E-state index contributed by atoms with van der Waals surface area (Å²) in [5, 5.41) is 7.11. The minimum Gasteiger partial charge on any atom is -0.436 e. The lowest BCUT2D eigenvalue weighted by Gasteiger charge is -2.17. The van der Waals surface area contributed by atoms with Crippen molar-refractivity contribution in [2.24, 2.45) is 0 Å². The van der Waals surface area contributed by atoms with Crippen LogP contribution in [0.1, 0.15) is 13.8 Å². The maximum absolute atomic E-state index is 11.7. The number of terminal acetylenes is 2. The molecule has 3 N–H and O–H groups in total. The van der Waals surface area contributed by atoms with Crippen molar-refractivity contribution in [2.45, 2.75) is 25.9 Å². The lowest BCUT2D eigenvalue weighted by atomic mass is 10.2. The van der Waals surface area contributed by atoms with Crippen molar-refractivity contribution in [3.05, 3.63) is 0 Å². The average Bonchev–Trinajstić information content (AvgIpc) is 2.41. The highest BCUT2D eigenvalue weighted by Gasteiger charge is 2.20. The molecule has 0 fully saturated rings. The van der Waals surface area contributed by atoms with Gasteiger partial charge in [-0.2, -0.15) is 0 Å². The van der Waals surface area contributed by atoms with Crippen LogP contribution in [-0.2, 0) is 14.3 Å². The summed E-state index contributed by atoms with van der Waals surface area (Å²) in [6, 6.07) is -1.65. The molecule has 7 nitrogen and oxygen atoms in total. The first-order valence-electron chi connectivity index (χ1n) is 5.80. The van der Waals surface area contributed by atoms with Gasteiger partial charge in [0.1, 0.15) is 12.1 Å². The molecule has 0 rings (SSSR count). The summed E-state index contributed by atoms with van der Waals surface area (Å²) in [5.41, 5.74) is 0. The first-order chi connectivity index (χ1) is 9.42. The summed E-state index contributed by atoms with van der Waals surface area (Å²) in [6.45, 7) is 2.82. The molecule has 0 aromatic rings. The molecule has 0 spiro atoms. The summed E-state index contributed by atoms with van der Waals surface area (Å²) in [5.74, 6) is 3.40. The lowest BCUT2D eigenvalue weighted by Crippen LogP contribution is -2.51. The predicted molar refractivity (Wildman–Crippen MR) is 72.2 cm³/mol. The number of carbonyl (C=O) groups excluding carboxylic acids is 3. The highest BCUT2D eigenvalue weighted by molar-refractivity contribution is 5.90. The molecule has 0 aromatic heterocycles. The van der Waals surface area contributed by atoms with Gasteiger partial charge in [-0.1, -0.05) is 11.8 Å². The smallest absolute Gasteiger partial charge is 0.408 e. The second kappa shape index (κ2) is 9.29. The third-order valence-corrected chi connectivity index (χ3v) is 2.13. The Kier molecular flexibility index (Phi) is 8.05. The Hall–Kier alpha value is -2.67. The van der Waals surface area contributed by atoms with E-state index in [1.54, 1.807) is 0 Å². The van der Waals surface area contributed by atoms with Crippen molar-refractivity contribution in [3.8, 4) is 24.7 Å². The molecule has 0 aromatic carbocycles. The molecule has 0 heterocycles. The van der Waals surface area contributed by atoms with Gasteiger partial charge in [0.05, 0.1) is 6.54 Å². The number of hydrogen-bond acceptors (Lipinski definition) is 4. The topological polar surface area (TPSA) is 96.5 Å². The largest absolute Gasteiger partial charge is 0.436 e. The first-order valence-corrected chi connectivity index (χ1v) is 5.80. The number of carbonyl (C=O) groups is 3.